The van der Waals surface area contributed by atoms with Crippen LogP contribution in [0.25, 0.3) is 0 Å². The summed E-state index contributed by atoms with van der Waals surface area (Å²) < 4.78 is 31.8. The average molecular weight is 254 g/mol. The Kier molecular flexibility index (Phi) is 3.40. The van der Waals surface area contributed by atoms with Crippen molar-refractivity contribution in [1.29, 1.82) is 0 Å². The van der Waals surface area contributed by atoms with Gasteiger partial charge in [-0.2, -0.15) is 0 Å². The third-order valence-electron chi connectivity index (χ3n) is 2.24. The van der Waals surface area contributed by atoms with Gasteiger partial charge in [0.25, 0.3) is 0 Å². The van der Waals surface area contributed by atoms with Crippen LogP contribution in [0.4, 0.5) is 20.4 Å². The number of hydrogen-bond donors (Lipinski definition) is 2. The molecule has 18 heavy (non-hydrogen) atoms. The second kappa shape index (κ2) is 4.99. The molecule has 0 unspecified atom stereocenters. The summed E-state index contributed by atoms with van der Waals surface area (Å²) in [5.74, 6) is -0.527. The fourth-order valence-corrected chi connectivity index (χ4v) is 1.41. The zero-order valence-corrected chi connectivity index (χ0v) is 9.92. The summed E-state index contributed by atoms with van der Waals surface area (Å²) >= 11 is 0. The van der Waals surface area contributed by atoms with Gasteiger partial charge in [-0.1, -0.05) is 0 Å². The van der Waals surface area contributed by atoms with Crippen LogP contribution in [0.1, 0.15) is 11.7 Å². The Morgan fingerprint density at radius 1 is 1.28 bits per heavy atom. The quantitative estimate of drug-likeness (QED) is 0.876. The van der Waals surface area contributed by atoms with Gasteiger partial charge in [0, 0.05) is 13.1 Å². The monoisotopic (exact) mass is 254 g/mol. The van der Waals surface area contributed by atoms with Gasteiger partial charge >= 0.3 is 0 Å². The van der Waals surface area contributed by atoms with Crippen LogP contribution in [0, 0.1) is 18.6 Å². The molecule has 0 aliphatic heterocycles. The molecule has 0 radical (unpaired) electrons. The van der Waals surface area contributed by atoms with Crippen molar-refractivity contribution in [2.24, 2.45) is 0 Å². The Labute approximate surface area is 102 Å². The largest absolute Gasteiger partial charge is 0.444 e. The van der Waals surface area contributed by atoms with Crippen LogP contribution in [-0.4, -0.2) is 17.0 Å². The maximum Gasteiger partial charge on any atom is 0.213 e. The minimum Gasteiger partial charge on any atom is -0.444 e. The maximum absolute atomic E-state index is 13.4. The lowest BCUT2D eigenvalue weighted by Gasteiger charge is -2.07. The van der Waals surface area contributed by atoms with E-state index in [1.165, 1.54) is 7.05 Å². The van der Waals surface area contributed by atoms with Crippen LogP contribution in [-0.2, 0) is 6.54 Å². The zero-order valence-electron chi connectivity index (χ0n) is 9.92. The molecule has 7 heteroatoms. The molecule has 0 fully saturated rings. The molecule has 2 aromatic heterocycles. The number of aryl methyl sites for hydroxylation is 1. The van der Waals surface area contributed by atoms with Crippen molar-refractivity contribution in [3.63, 3.8) is 0 Å². The van der Waals surface area contributed by atoms with Crippen molar-refractivity contribution in [2.45, 2.75) is 13.5 Å². The van der Waals surface area contributed by atoms with Crippen molar-refractivity contribution in [3.8, 4) is 0 Å². The lowest BCUT2D eigenvalue weighted by molar-refractivity contribution is 0.478. The van der Waals surface area contributed by atoms with Crippen LogP contribution in [0.3, 0.4) is 0 Å². The predicted octanol–water partition coefficient (Wildman–Crippen LogP) is 2.31. The van der Waals surface area contributed by atoms with E-state index in [2.05, 4.69) is 20.6 Å². The molecule has 2 N–H and O–H groups in total. The Bertz CT molecular complexity index is 556. The van der Waals surface area contributed by atoms with E-state index >= 15 is 0 Å². The summed E-state index contributed by atoms with van der Waals surface area (Å²) in [6, 6.07) is 0.766. The lowest BCUT2D eigenvalue weighted by atomic mass is 10.4. The van der Waals surface area contributed by atoms with E-state index in [0.717, 1.165) is 6.07 Å². The first-order valence-corrected chi connectivity index (χ1v) is 5.29. The minimum atomic E-state index is -0.769. The molecule has 0 aliphatic carbocycles. The first-order chi connectivity index (χ1) is 8.60. The highest BCUT2D eigenvalue weighted by Crippen LogP contribution is 2.19. The maximum atomic E-state index is 13.4. The molecule has 96 valence electrons. The Morgan fingerprint density at radius 3 is 2.61 bits per heavy atom. The van der Waals surface area contributed by atoms with E-state index in [1.54, 1.807) is 13.1 Å². The molecule has 2 heterocycles. The third kappa shape index (κ3) is 2.55. The summed E-state index contributed by atoms with van der Waals surface area (Å²) in [6.07, 6.45) is 1.56. The number of oxazole rings is 1. The van der Waals surface area contributed by atoms with E-state index in [9.17, 15) is 8.78 Å². The number of nitrogens with zero attached hydrogens (tertiary/aromatic N) is 2. The fourth-order valence-electron chi connectivity index (χ4n) is 1.41. The van der Waals surface area contributed by atoms with Gasteiger partial charge in [0.15, 0.2) is 23.3 Å². The van der Waals surface area contributed by atoms with Crippen molar-refractivity contribution >= 4 is 11.6 Å². The van der Waals surface area contributed by atoms with Gasteiger partial charge in [-0.05, 0) is 6.92 Å². The number of pyridine rings is 1. The molecule has 2 rings (SSSR count). The molecule has 0 aliphatic rings. The van der Waals surface area contributed by atoms with Gasteiger partial charge in [0.1, 0.15) is 5.76 Å². The molecule has 5 nitrogen and oxygen atoms in total. The second-order valence-corrected chi connectivity index (χ2v) is 3.62. The number of nitrogens with one attached hydrogen (secondary N) is 2. The second-order valence-electron chi connectivity index (χ2n) is 3.62. The van der Waals surface area contributed by atoms with E-state index in [-0.39, 0.29) is 18.2 Å². The summed E-state index contributed by atoms with van der Waals surface area (Å²) in [5, 5.41) is 5.23. The van der Waals surface area contributed by atoms with E-state index < -0.39 is 11.6 Å². The summed E-state index contributed by atoms with van der Waals surface area (Å²) in [5.41, 5.74) is 0. The SMILES string of the molecule is CNc1nc(NCc2ncc(C)o2)c(F)cc1F. The van der Waals surface area contributed by atoms with Gasteiger partial charge in [0.05, 0.1) is 12.7 Å². The lowest BCUT2D eigenvalue weighted by Crippen LogP contribution is -2.07. The smallest absolute Gasteiger partial charge is 0.213 e. The van der Waals surface area contributed by atoms with Crippen LogP contribution in [0.5, 0.6) is 0 Å². The molecule has 0 amide bonds. The summed E-state index contributed by atoms with van der Waals surface area (Å²) in [6.45, 7) is 1.93. The standard InChI is InChI=1S/C11H12F2N4O/c1-6-4-15-9(18-6)5-16-11-8(13)3-7(12)10(14-2)17-11/h3-4H,5H2,1-2H3,(H2,14,16,17). The average Bonchev–Trinajstić information content (AvgIpc) is 2.74. The molecule has 0 aromatic carbocycles. The fraction of sp³-hybridized carbons (Fsp3) is 0.273. The molecular weight excluding hydrogens is 242 g/mol. The zero-order chi connectivity index (χ0) is 13.1. The highest BCUT2D eigenvalue weighted by atomic mass is 19.1. The highest BCUT2D eigenvalue weighted by molar-refractivity contribution is 5.47. The van der Waals surface area contributed by atoms with Gasteiger partial charge < -0.3 is 15.1 Å². The van der Waals surface area contributed by atoms with Crippen molar-refractivity contribution in [3.05, 3.63) is 35.5 Å². The van der Waals surface area contributed by atoms with E-state index in [1.807, 2.05) is 0 Å². The van der Waals surface area contributed by atoms with E-state index in [0.29, 0.717) is 11.7 Å². The highest BCUT2D eigenvalue weighted by Gasteiger charge is 2.11. The van der Waals surface area contributed by atoms with Gasteiger partial charge in [-0.25, -0.2) is 18.7 Å². The summed E-state index contributed by atoms with van der Waals surface area (Å²) in [7, 11) is 1.50. The van der Waals surface area contributed by atoms with Crippen molar-refractivity contribution in [1.82, 2.24) is 9.97 Å². The Balaban J connectivity index is 2.13. The van der Waals surface area contributed by atoms with Crippen LogP contribution < -0.4 is 10.6 Å². The van der Waals surface area contributed by atoms with Crippen LogP contribution in [0.15, 0.2) is 16.7 Å². The predicted molar refractivity (Wildman–Crippen MR) is 62.3 cm³/mol. The summed E-state index contributed by atoms with van der Waals surface area (Å²) in [4.78, 5) is 7.72. The molecule has 0 atom stereocenters. The molecule has 0 bridgehead atoms. The van der Waals surface area contributed by atoms with Crippen molar-refractivity contribution in [2.75, 3.05) is 17.7 Å². The third-order valence-corrected chi connectivity index (χ3v) is 2.24. The Hall–Kier alpha value is -2.18. The molecular formula is C11H12F2N4O. The number of rotatable bonds is 4. The number of halogens is 2. The minimum absolute atomic E-state index is 0.0255. The van der Waals surface area contributed by atoms with Crippen molar-refractivity contribution < 1.29 is 13.2 Å². The first-order valence-electron chi connectivity index (χ1n) is 5.29. The number of anilines is 2. The van der Waals surface area contributed by atoms with Gasteiger partial charge in [0.2, 0.25) is 5.89 Å². The van der Waals surface area contributed by atoms with Gasteiger partial charge in [-0.15, -0.1) is 0 Å². The molecule has 0 spiro atoms. The van der Waals surface area contributed by atoms with Crippen LogP contribution >= 0.6 is 0 Å². The number of hydrogen-bond acceptors (Lipinski definition) is 5. The number of aromatic nitrogens is 2. The molecule has 2 aromatic rings. The molecule has 0 saturated carbocycles. The van der Waals surface area contributed by atoms with E-state index in [4.69, 9.17) is 4.42 Å². The van der Waals surface area contributed by atoms with Crippen LogP contribution in [0.2, 0.25) is 0 Å². The first kappa shape index (κ1) is 12.3. The molecule has 0 saturated heterocycles. The Morgan fingerprint density at radius 2 is 2.00 bits per heavy atom. The topological polar surface area (TPSA) is 63.0 Å². The van der Waals surface area contributed by atoms with Gasteiger partial charge in [-0.3, -0.25) is 0 Å². The normalized spacial score (nSPS) is 10.4.